The average Bonchev–Trinajstić information content (AvgIpc) is 3.08. The summed E-state index contributed by atoms with van der Waals surface area (Å²) in [7, 11) is 1.45. The van der Waals surface area contributed by atoms with Gasteiger partial charge in [0.15, 0.2) is 11.5 Å². The van der Waals surface area contributed by atoms with Gasteiger partial charge in [-0.25, -0.2) is 4.79 Å². The molecule has 0 fully saturated rings. The van der Waals surface area contributed by atoms with Gasteiger partial charge < -0.3 is 20.1 Å². The predicted octanol–water partition coefficient (Wildman–Crippen LogP) is 2.02. The van der Waals surface area contributed by atoms with Crippen LogP contribution < -0.4 is 25.4 Å². The molecule has 24 heavy (non-hydrogen) atoms. The SMILES string of the molecule is CNC(=O)NC(=O)C(Nc1ccc2c(c1)OCO2)c1ccccc1. The summed E-state index contributed by atoms with van der Waals surface area (Å²) in [5.74, 6) is 0.809. The second kappa shape index (κ2) is 6.91. The van der Waals surface area contributed by atoms with Gasteiger partial charge in [0.25, 0.3) is 5.91 Å². The third kappa shape index (κ3) is 3.40. The topological polar surface area (TPSA) is 88.7 Å². The van der Waals surface area contributed by atoms with E-state index < -0.39 is 18.0 Å². The Morgan fingerprint density at radius 3 is 2.54 bits per heavy atom. The van der Waals surface area contributed by atoms with Gasteiger partial charge in [0.1, 0.15) is 6.04 Å². The van der Waals surface area contributed by atoms with Gasteiger partial charge >= 0.3 is 6.03 Å². The number of urea groups is 1. The summed E-state index contributed by atoms with van der Waals surface area (Å²) in [4.78, 5) is 23.9. The quantitative estimate of drug-likeness (QED) is 0.799. The van der Waals surface area contributed by atoms with E-state index in [0.717, 1.165) is 5.56 Å². The van der Waals surface area contributed by atoms with Crippen LogP contribution in [0, 0.1) is 0 Å². The minimum Gasteiger partial charge on any atom is -0.454 e. The predicted molar refractivity (Wildman–Crippen MR) is 88.0 cm³/mol. The first kappa shape index (κ1) is 15.7. The molecular formula is C17H17N3O4. The average molecular weight is 327 g/mol. The van der Waals surface area contributed by atoms with Crippen molar-refractivity contribution < 1.29 is 19.1 Å². The van der Waals surface area contributed by atoms with Gasteiger partial charge in [-0.2, -0.15) is 0 Å². The molecule has 3 N–H and O–H groups in total. The summed E-state index contributed by atoms with van der Waals surface area (Å²) in [6, 6.07) is 13.2. The number of benzene rings is 2. The number of nitrogens with one attached hydrogen (secondary N) is 3. The van der Waals surface area contributed by atoms with Crippen LogP contribution in [0.3, 0.4) is 0 Å². The Kier molecular flexibility index (Phi) is 4.51. The van der Waals surface area contributed by atoms with E-state index in [2.05, 4.69) is 16.0 Å². The van der Waals surface area contributed by atoms with E-state index in [9.17, 15) is 9.59 Å². The largest absolute Gasteiger partial charge is 0.454 e. The number of ether oxygens (including phenoxy) is 2. The lowest BCUT2D eigenvalue weighted by Crippen LogP contribution is -2.42. The lowest BCUT2D eigenvalue weighted by atomic mass is 10.1. The fourth-order valence-electron chi connectivity index (χ4n) is 2.35. The Labute approximate surface area is 139 Å². The van der Waals surface area contributed by atoms with Crippen molar-refractivity contribution in [2.45, 2.75) is 6.04 Å². The van der Waals surface area contributed by atoms with E-state index in [1.807, 2.05) is 30.3 Å². The minimum absolute atomic E-state index is 0.179. The van der Waals surface area contributed by atoms with E-state index in [4.69, 9.17) is 9.47 Å². The highest BCUT2D eigenvalue weighted by atomic mass is 16.7. The van der Waals surface area contributed by atoms with Crippen LogP contribution in [0.5, 0.6) is 11.5 Å². The highest BCUT2D eigenvalue weighted by Crippen LogP contribution is 2.35. The Morgan fingerprint density at radius 2 is 1.79 bits per heavy atom. The second-order valence-corrected chi connectivity index (χ2v) is 5.12. The van der Waals surface area contributed by atoms with Gasteiger partial charge in [0, 0.05) is 18.8 Å². The summed E-state index contributed by atoms with van der Waals surface area (Å²) < 4.78 is 10.6. The molecule has 0 radical (unpaired) electrons. The van der Waals surface area contributed by atoms with Crippen molar-refractivity contribution in [3.8, 4) is 11.5 Å². The first-order valence-corrected chi connectivity index (χ1v) is 7.41. The molecule has 1 heterocycles. The number of rotatable bonds is 4. The monoisotopic (exact) mass is 327 g/mol. The molecule has 0 saturated carbocycles. The molecule has 124 valence electrons. The molecule has 3 rings (SSSR count). The zero-order valence-corrected chi connectivity index (χ0v) is 13.0. The Balaban J connectivity index is 1.84. The summed E-state index contributed by atoms with van der Waals surface area (Å²) in [5, 5.41) is 7.78. The van der Waals surface area contributed by atoms with Crippen molar-refractivity contribution in [1.29, 1.82) is 0 Å². The fraction of sp³-hybridized carbons (Fsp3) is 0.176. The van der Waals surface area contributed by atoms with Gasteiger partial charge in [-0.05, 0) is 17.7 Å². The normalized spacial score (nSPS) is 13.0. The summed E-state index contributed by atoms with van der Waals surface area (Å²) in [6.45, 7) is 0.179. The molecule has 0 spiro atoms. The molecule has 0 saturated heterocycles. The molecule has 0 aromatic heterocycles. The number of hydrogen-bond donors (Lipinski definition) is 3. The molecule has 1 atom stereocenters. The molecular weight excluding hydrogens is 310 g/mol. The van der Waals surface area contributed by atoms with Crippen molar-refractivity contribution >= 4 is 17.6 Å². The van der Waals surface area contributed by atoms with Crippen molar-refractivity contribution in [2.75, 3.05) is 19.2 Å². The van der Waals surface area contributed by atoms with Gasteiger partial charge in [-0.3, -0.25) is 10.1 Å². The zero-order chi connectivity index (χ0) is 16.9. The third-order valence-electron chi connectivity index (χ3n) is 3.54. The van der Waals surface area contributed by atoms with Crippen molar-refractivity contribution in [2.24, 2.45) is 0 Å². The van der Waals surface area contributed by atoms with Crippen molar-refractivity contribution in [1.82, 2.24) is 10.6 Å². The maximum atomic E-state index is 12.5. The number of fused-ring (bicyclic) bond motifs is 1. The molecule has 1 aliphatic heterocycles. The Morgan fingerprint density at radius 1 is 1.04 bits per heavy atom. The van der Waals surface area contributed by atoms with E-state index in [1.165, 1.54) is 7.05 Å². The van der Waals surface area contributed by atoms with Crippen molar-refractivity contribution in [3.05, 3.63) is 54.1 Å². The fourth-order valence-corrected chi connectivity index (χ4v) is 2.35. The zero-order valence-electron chi connectivity index (χ0n) is 13.0. The molecule has 7 heteroatoms. The van der Waals surface area contributed by atoms with E-state index >= 15 is 0 Å². The van der Waals surface area contributed by atoms with Gasteiger partial charge in [0.05, 0.1) is 0 Å². The van der Waals surface area contributed by atoms with Gasteiger partial charge in [0.2, 0.25) is 6.79 Å². The maximum absolute atomic E-state index is 12.5. The first-order chi connectivity index (χ1) is 11.7. The number of carbonyl (C=O) groups excluding carboxylic acids is 2. The molecule has 2 aromatic carbocycles. The summed E-state index contributed by atoms with van der Waals surface area (Å²) >= 11 is 0. The smallest absolute Gasteiger partial charge is 0.321 e. The van der Waals surface area contributed by atoms with Crippen LogP contribution in [0.2, 0.25) is 0 Å². The van der Waals surface area contributed by atoms with Crippen molar-refractivity contribution in [3.63, 3.8) is 0 Å². The van der Waals surface area contributed by atoms with Gasteiger partial charge in [-0.1, -0.05) is 30.3 Å². The van der Waals surface area contributed by atoms with Crippen LogP contribution in [-0.2, 0) is 4.79 Å². The summed E-state index contributed by atoms with van der Waals surface area (Å²) in [5.41, 5.74) is 1.41. The third-order valence-corrected chi connectivity index (χ3v) is 3.54. The van der Waals surface area contributed by atoms with E-state index in [0.29, 0.717) is 17.2 Å². The van der Waals surface area contributed by atoms with Crippen LogP contribution in [0.1, 0.15) is 11.6 Å². The second-order valence-electron chi connectivity index (χ2n) is 5.12. The standard InChI is InChI=1S/C17H17N3O4/c1-18-17(22)20-16(21)15(11-5-3-2-4-6-11)19-12-7-8-13-14(9-12)24-10-23-13/h2-9,15,19H,10H2,1H3,(H2,18,20,21,22). The Bertz CT molecular complexity index is 749. The summed E-state index contributed by atoms with van der Waals surface area (Å²) in [6.07, 6.45) is 0. The van der Waals surface area contributed by atoms with Gasteiger partial charge in [-0.15, -0.1) is 0 Å². The van der Waals surface area contributed by atoms with Crippen LogP contribution in [0.4, 0.5) is 10.5 Å². The molecule has 3 amide bonds. The maximum Gasteiger partial charge on any atom is 0.321 e. The van der Waals surface area contributed by atoms with E-state index in [1.54, 1.807) is 18.2 Å². The highest BCUT2D eigenvalue weighted by molar-refractivity contribution is 5.98. The highest BCUT2D eigenvalue weighted by Gasteiger charge is 2.23. The lowest BCUT2D eigenvalue weighted by Gasteiger charge is -2.19. The number of hydrogen-bond acceptors (Lipinski definition) is 5. The molecule has 1 unspecified atom stereocenters. The number of carbonyl (C=O) groups is 2. The van der Waals surface area contributed by atoms with Crippen LogP contribution in [0.15, 0.2) is 48.5 Å². The Hall–Kier alpha value is -3.22. The first-order valence-electron chi connectivity index (χ1n) is 7.41. The molecule has 0 bridgehead atoms. The number of anilines is 1. The van der Waals surface area contributed by atoms with Crippen LogP contribution in [-0.4, -0.2) is 25.8 Å². The van der Waals surface area contributed by atoms with E-state index in [-0.39, 0.29) is 6.79 Å². The molecule has 0 aliphatic carbocycles. The molecule has 7 nitrogen and oxygen atoms in total. The lowest BCUT2D eigenvalue weighted by molar-refractivity contribution is -0.120. The minimum atomic E-state index is -0.733. The molecule has 2 aromatic rings. The van der Waals surface area contributed by atoms with Crippen LogP contribution >= 0.6 is 0 Å². The molecule has 1 aliphatic rings. The van der Waals surface area contributed by atoms with Crippen LogP contribution in [0.25, 0.3) is 0 Å². The number of amides is 3. The number of imide groups is 1.